The van der Waals surface area contributed by atoms with Crippen LogP contribution in [-0.4, -0.2) is 42.4 Å². The molecule has 0 fully saturated rings. The molecule has 4 aromatic carbocycles. The summed E-state index contributed by atoms with van der Waals surface area (Å²) < 4.78 is 15.8. The number of benzene rings is 4. The molecule has 4 rings (SSSR count). The fourth-order valence-electron chi connectivity index (χ4n) is 5.13. The van der Waals surface area contributed by atoms with Crippen molar-refractivity contribution in [3.8, 4) is 28.4 Å². The third-order valence-electron chi connectivity index (χ3n) is 7.02. The van der Waals surface area contributed by atoms with Gasteiger partial charge in [-0.3, -0.25) is 4.79 Å². The average molecular weight is 557 g/mol. The van der Waals surface area contributed by atoms with Crippen molar-refractivity contribution in [2.75, 3.05) is 21.3 Å². The number of hydrogen-bond acceptors (Lipinski definition) is 7. The molecule has 0 radical (unpaired) electrons. The first-order chi connectivity index (χ1) is 19.7. The Bertz CT molecular complexity index is 1500. The van der Waals surface area contributed by atoms with Gasteiger partial charge in [0.25, 0.3) is 0 Å². The molecule has 0 aromatic heterocycles. The standard InChI is InChI=1S/C34H36O7/c1-21(35)31-15-23(14-30(20-41-4)34(31)38)11-27-17-25(24-8-6-5-7-9-24)16-26(32(27)36)10-22-12-28(18-39-2)33(37)29(13-22)19-40-3/h5-9,12-17,36-38H,10-11,18-20H2,1-4H3. The van der Waals surface area contributed by atoms with E-state index in [1.807, 2.05) is 54.6 Å². The molecule has 0 saturated carbocycles. The van der Waals surface area contributed by atoms with E-state index in [1.165, 1.54) is 14.0 Å². The molecule has 0 heterocycles. The van der Waals surface area contributed by atoms with Crippen molar-refractivity contribution < 1.29 is 34.3 Å². The highest BCUT2D eigenvalue weighted by Gasteiger charge is 2.18. The number of ether oxygens (including phenoxy) is 3. The van der Waals surface area contributed by atoms with Crippen molar-refractivity contribution in [3.05, 3.63) is 111 Å². The third-order valence-corrected chi connectivity index (χ3v) is 7.02. The smallest absolute Gasteiger partial charge is 0.163 e. The molecule has 3 N–H and O–H groups in total. The van der Waals surface area contributed by atoms with Crippen LogP contribution >= 0.6 is 0 Å². The van der Waals surface area contributed by atoms with Gasteiger partial charge in [0.1, 0.15) is 17.2 Å². The number of phenolic OH excluding ortho intramolecular Hbond substituents is 3. The second-order valence-corrected chi connectivity index (χ2v) is 10.1. The minimum atomic E-state index is -0.254. The molecule has 0 amide bonds. The molecular weight excluding hydrogens is 520 g/mol. The molecule has 0 aliphatic heterocycles. The van der Waals surface area contributed by atoms with Crippen LogP contribution in [0.5, 0.6) is 17.2 Å². The van der Waals surface area contributed by atoms with Gasteiger partial charge in [-0.1, -0.05) is 30.3 Å². The van der Waals surface area contributed by atoms with E-state index in [-0.39, 0.29) is 48.4 Å². The average Bonchev–Trinajstić information content (AvgIpc) is 2.95. The maximum absolute atomic E-state index is 12.3. The predicted molar refractivity (Wildman–Crippen MR) is 158 cm³/mol. The molecule has 0 bridgehead atoms. The monoisotopic (exact) mass is 556 g/mol. The van der Waals surface area contributed by atoms with Crippen molar-refractivity contribution in [2.45, 2.75) is 39.6 Å². The Kier molecular flexibility index (Phi) is 9.78. The molecule has 7 nitrogen and oxygen atoms in total. The summed E-state index contributed by atoms with van der Waals surface area (Å²) in [6.07, 6.45) is 0.729. The minimum absolute atomic E-state index is 0.0860. The Morgan fingerprint density at radius 3 is 1.49 bits per heavy atom. The van der Waals surface area contributed by atoms with Crippen molar-refractivity contribution >= 4 is 5.78 Å². The van der Waals surface area contributed by atoms with Crippen molar-refractivity contribution in [2.24, 2.45) is 0 Å². The van der Waals surface area contributed by atoms with Crippen LogP contribution in [-0.2, 0) is 46.9 Å². The number of Topliss-reactive ketones (excluding diaryl/α,β-unsaturated/α-hetero) is 1. The van der Waals surface area contributed by atoms with E-state index >= 15 is 0 Å². The number of rotatable bonds is 12. The Morgan fingerprint density at radius 1 is 0.585 bits per heavy atom. The van der Waals surface area contributed by atoms with Crippen LogP contribution in [0, 0.1) is 0 Å². The lowest BCUT2D eigenvalue weighted by molar-refractivity contribution is 0.101. The molecule has 0 aliphatic carbocycles. The van der Waals surface area contributed by atoms with Crippen molar-refractivity contribution in [3.63, 3.8) is 0 Å². The fourth-order valence-corrected chi connectivity index (χ4v) is 5.13. The van der Waals surface area contributed by atoms with Gasteiger partial charge in [0.2, 0.25) is 0 Å². The van der Waals surface area contributed by atoms with Gasteiger partial charge in [0, 0.05) is 50.9 Å². The second kappa shape index (κ2) is 13.5. The third kappa shape index (κ3) is 6.95. The number of methoxy groups -OCH3 is 3. The largest absolute Gasteiger partial charge is 0.507 e. The highest BCUT2D eigenvalue weighted by Crippen LogP contribution is 2.36. The van der Waals surface area contributed by atoms with E-state index in [0.29, 0.717) is 40.7 Å². The van der Waals surface area contributed by atoms with E-state index in [9.17, 15) is 20.1 Å². The van der Waals surface area contributed by atoms with Crippen LogP contribution in [0.3, 0.4) is 0 Å². The SMILES string of the molecule is COCc1cc(Cc2cc(-c3ccccc3)cc(Cc3cc(COC)c(O)c(C(C)=O)c3)c2O)cc(COC)c1O. The Labute approximate surface area is 240 Å². The number of carbonyl (C=O) groups is 1. The van der Waals surface area contributed by atoms with Crippen LogP contribution in [0.15, 0.2) is 66.7 Å². The predicted octanol–water partition coefficient (Wildman–Crippen LogP) is 6.29. The molecule has 7 heteroatoms. The van der Waals surface area contributed by atoms with Gasteiger partial charge in [-0.2, -0.15) is 0 Å². The van der Waals surface area contributed by atoms with Crippen molar-refractivity contribution in [1.82, 2.24) is 0 Å². The Balaban J connectivity index is 1.83. The van der Waals surface area contributed by atoms with Crippen LogP contribution in [0.4, 0.5) is 0 Å². The molecule has 4 aromatic rings. The maximum Gasteiger partial charge on any atom is 0.163 e. The van der Waals surface area contributed by atoms with Gasteiger partial charge >= 0.3 is 0 Å². The number of aromatic hydroxyl groups is 3. The van der Waals surface area contributed by atoms with Gasteiger partial charge in [-0.15, -0.1) is 0 Å². The molecule has 0 saturated heterocycles. The van der Waals surface area contributed by atoms with E-state index in [4.69, 9.17) is 14.2 Å². The zero-order valence-electron chi connectivity index (χ0n) is 23.9. The van der Waals surface area contributed by atoms with Crippen LogP contribution in [0.2, 0.25) is 0 Å². The molecule has 214 valence electrons. The first-order valence-corrected chi connectivity index (χ1v) is 13.3. The summed E-state index contributed by atoms with van der Waals surface area (Å²) in [5.41, 5.74) is 6.98. The summed E-state index contributed by atoms with van der Waals surface area (Å²) in [6.45, 7) is 2.03. The van der Waals surface area contributed by atoms with E-state index in [0.717, 1.165) is 22.3 Å². The minimum Gasteiger partial charge on any atom is -0.507 e. The summed E-state index contributed by atoms with van der Waals surface area (Å²) in [5, 5.41) is 32.8. The molecule has 0 aliphatic rings. The summed E-state index contributed by atoms with van der Waals surface area (Å²) in [7, 11) is 4.67. The summed E-state index contributed by atoms with van der Waals surface area (Å²) in [5.74, 6) is -0.0567. The summed E-state index contributed by atoms with van der Waals surface area (Å²) in [4.78, 5) is 12.3. The number of ketones is 1. The number of phenols is 3. The van der Waals surface area contributed by atoms with E-state index in [2.05, 4.69) is 0 Å². The number of carbonyl (C=O) groups excluding carboxylic acids is 1. The molecule has 41 heavy (non-hydrogen) atoms. The molecule has 0 atom stereocenters. The lowest BCUT2D eigenvalue weighted by atomic mass is 9.90. The summed E-state index contributed by atoms with van der Waals surface area (Å²) >= 11 is 0. The number of hydrogen-bond donors (Lipinski definition) is 3. The lowest BCUT2D eigenvalue weighted by Crippen LogP contribution is -2.03. The molecular formula is C34H36O7. The summed E-state index contributed by atoms with van der Waals surface area (Å²) in [6, 6.07) is 21.1. The maximum atomic E-state index is 12.3. The molecule has 0 unspecified atom stereocenters. The Morgan fingerprint density at radius 2 is 1.02 bits per heavy atom. The van der Waals surface area contributed by atoms with Gasteiger partial charge in [-0.05, 0) is 76.7 Å². The van der Waals surface area contributed by atoms with Gasteiger partial charge in [0.05, 0.1) is 25.4 Å². The molecule has 0 spiro atoms. The zero-order valence-corrected chi connectivity index (χ0v) is 23.9. The second-order valence-electron chi connectivity index (χ2n) is 10.1. The Hall–Kier alpha value is -4.17. The lowest BCUT2D eigenvalue weighted by Gasteiger charge is -2.17. The quantitative estimate of drug-likeness (QED) is 0.176. The fraction of sp³-hybridized carbons (Fsp3) is 0.265. The van der Waals surface area contributed by atoms with Gasteiger partial charge in [0.15, 0.2) is 5.78 Å². The van der Waals surface area contributed by atoms with Gasteiger partial charge in [-0.25, -0.2) is 0 Å². The normalized spacial score (nSPS) is 11.1. The van der Waals surface area contributed by atoms with Crippen molar-refractivity contribution in [1.29, 1.82) is 0 Å². The first-order valence-electron chi connectivity index (χ1n) is 13.3. The van der Waals surface area contributed by atoms with Crippen LogP contribution < -0.4 is 0 Å². The van der Waals surface area contributed by atoms with Crippen LogP contribution in [0.1, 0.15) is 56.2 Å². The first kappa shape index (κ1) is 29.8. The highest BCUT2D eigenvalue weighted by molar-refractivity contribution is 5.97. The van der Waals surface area contributed by atoms with Gasteiger partial charge < -0.3 is 29.5 Å². The highest BCUT2D eigenvalue weighted by atomic mass is 16.5. The van der Waals surface area contributed by atoms with E-state index < -0.39 is 0 Å². The van der Waals surface area contributed by atoms with E-state index in [1.54, 1.807) is 26.4 Å². The topological polar surface area (TPSA) is 105 Å². The zero-order chi connectivity index (χ0) is 29.5. The van der Waals surface area contributed by atoms with Crippen LogP contribution in [0.25, 0.3) is 11.1 Å².